The van der Waals surface area contributed by atoms with Gasteiger partial charge in [0.15, 0.2) is 11.5 Å². The summed E-state index contributed by atoms with van der Waals surface area (Å²) in [6.07, 6.45) is 0.443. The highest BCUT2D eigenvalue weighted by Crippen LogP contribution is 2.43. The van der Waals surface area contributed by atoms with Gasteiger partial charge >= 0.3 is 0 Å². The molecule has 0 spiro atoms. The molecule has 102 valence electrons. The van der Waals surface area contributed by atoms with Crippen molar-refractivity contribution in [3.63, 3.8) is 0 Å². The fourth-order valence-electron chi connectivity index (χ4n) is 1.70. The predicted octanol–water partition coefficient (Wildman–Crippen LogP) is 3.61. The van der Waals surface area contributed by atoms with E-state index < -0.39 is 0 Å². The third-order valence-electron chi connectivity index (χ3n) is 2.68. The van der Waals surface area contributed by atoms with Gasteiger partial charge in [0, 0.05) is 11.3 Å². The summed E-state index contributed by atoms with van der Waals surface area (Å²) in [5, 5.41) is 6.12. The number of rotatable bonds is 6. The molecular formula is C13H16N2O2S2. The van der Waals surface area contributed by atoms with Gasteiger partial charge in [-0.15, -0.1) is 22.7 Å². The molecule has 0 radical (unpaired) electrons. The van der Waals surface area contributed by atoms with Crippen LogP contribution in [0.3, 0.4) is 0 Å². The van der Waals surface area contributed by atoms with Crippen molar-refractivity contribution >= 4 is 39.1 Å². The molecule has 0 bridgehead atoms. The van der Waals surface area contributed by atoms with Crippen LogP contribution in [0.25, 0.3) is 0 Å². The molecule has 0 saturated heterocycles. The lowest BCUT2D eigenvalue weighted by Gasteiger charge is -2.05. The maximum absolute atomic E-state index is 11.8. The third kappa shape index (κ3) is 2.90. The van der Waals surface area contributed by atoms with Crippen molar-refractivity contribution in [2.45, 2.75) is 19.9 Å². The first-order valence-electron chi connectivity index (χ1n) is 5.93. The summed E-state index contributed by atoms with van der Waals surface area (Å²) in [7, 11) is 1.56. The summed E-state index contributed by atoms with van der Waals surface area (Å²) < 4.78 is 5.30. The Balaban J connectivity index is 2.22. The molecule has 3 N–H and O–H groups in total. The van der Waals surface area contributed by atoms with Crippen molar-refractivity contribution in [1.82, 2.24) is 0 Å². The van der Waals surface area contributed by atoms with Crippen molar-refractivity contribution in [1.29, 1.82) is 0 Å². The van der Waals surface area contributed by atoms with Crippen molar-refractivity contribution in [3.8, 4) is 5.75 Å². The number of methoxy groups -OCH3 is 1. The number of hydrogen-bond donors (Lipinski definition) is 2. The van der Waals surface area contributed by atoms with Crippen LogP contribution in [0.1, 0.15) is 27.9 Å². The fraction of sp³-hybridized carbons (Fsp3) is 0.308. The van der Waals surface area contributed by atoms with Gasteiger partial charge < -0.3 is 15.8 Å². The minimum absolute atomic E-state index is 0.0463. The number of nitrogens with two attached hydrogens (primary N) is 1. The lowest BCUT2D eigenvalue weighted by atomic mass is 10.2. The topological polar surface area (TPSA) is 64.3 Å². The van der Waals surface area contributed by atoms with Crippen LogP contribution in [0.5, 0.6) is 5.75 Å². The van der Waals surface area contributed by atoms with Crippen molar-refractivity contribution in [3.05, 3.63) is 27.3 Å². The molecule has 19 heavy (non-hydrogen) atoms. The van der Waals surface area contributed by atoms with E-state index in [1.165, 1.54) is 16.2 Å². The second-order valence-electron chi connectivity index (χ2n) is 3.92. The summed E-state index contributed by atoms with van der Waals surface area (Å²) >= 11 is 3.04. The van der Waals surface area contributed by atoms with E-state index in [1.54, 1.807) is 18.4 Å². The molecule has 0 saturated carbocycles. The molecule has 2 aromatic rings. The van der Waals surface area contributed by atoms with E-state index in [0.29, 0.717) is 29.3 Å². The van der Waals surface area contributed by atoms with Gasteiger partial charge in [0.1, 0.15) is 5.00 Å². The van der Waals surface area contributed by atoms with Gasteiger partial charge in [0.25, 0.3) is 0 Å². The number of thiophene rings is 2. The van der Waals surface area contributed by atoms with Crippen LogP contribution in [0.2, 0.25) is 0 Å². The van der Waals surface area contributed by atoms with Gasteiger partial charge in [0.2, 0.25) is 0 Å². The molecule has 0 aromatic carbocycles. The van der Waals surface area contributed by atoms with Crippen LogP contribution in [0.4, 0.5) is 10.7 Å². The standard InChI is InChI=1S/C13H16N2O2S2/c1-3-9(16)12-10(14)11(17-2)13(19-12)15-7-8-5-4-6-18-8/h4-6,15H,3,7,14H2,1-2H3. The first-order valence-corrected chi connectivity index (χ1v) is 7.62. The van der Waals surface area contributed by atoms with E-state index in [1.807, 2.05) is 18.4 Å². The Hall–Kier alpha value is -1.53. The number of nitrogen functional groups attached to an aromatic ring is 1. The first-order chi connectivity index (χ1) is 9.17. The Morgan fingerprint density at radius 1 is 1.53 bits per heavy atom. The first kappa shape index (κ1) is 13.9. The van der Waals surface area contributed by atoms with E-state index in [9.17, 15) is 4.79 Å². The Morgan fingerprint density at radius 3 is 2.89 bits per heavy atom. The second-order valence-corrected chi connectivity index (χ2v) is 5.97. The average Bonchev–Trinajstić information content (AvgIpc) is 3.03. The number of Topliss-reactive ketones (excluding diaryl/α,β-unsaturated/α-hetero) is 1. The highest BCUT2D eigenvalue weighted by molar-refractivity contribution is 7.19. The van der Waals surface area contributed by atoms with Gasteiger partial charge in [-0.25, -0.2) is 0 Å². The molecule has 0 amide bonds. The lowest BCUT2D eigenvalue weighted by Crippen LogP contribution is -1.99. The highest BCUT2D eigenvalue weighted by Gasteiger charge is 2.20. The Morgan fingerprint density at radius 2 is 2.32 bits per heavy atom. The van der Waals surface area contributed by atoms with E-state index in [2.05, 4.69) is 11.4 Å². The number of carbonyl (C=O) groups is 1. The number of nitrogens with one attached hydrogen (secondary N) is 1. The zero-order valence-corrected chi connectivity index (χ0v) is 12.5. The summed E-state index contributed by atoms with van der Waals surface area (Å²) in [5.41, 5.74) is 6.41. The Kier molecular flexibility index (Phi) is 4.44. The molecule has 4 nitrogen and oxygen atoms in total. The summed E-state index contributed by atoms with van der Waals surface area (Å²) in [5.74, 6) is 0.614. The quantitative estimate of drug-likeness (QED) is 0.799. The molecule has 0 aliphatic rings. The number of hydrogen-bond acceptors (Lipinski definition) is 6. The Labute approximate surface area is 120 Å². The predicted molar refractivity (Wildman–Crippen MR) is 81.6 cm³/mol. The van der Waals surface area contributed by atoms with E-state index in [0.717, 1.165) is 5.00 Å². The molecular weight excluding hydrogens is 280 g/mol. The van der Waals surface area contributed by atoms with E-state index >= 15 is 0 Å². The molecule has 6 heteroatoms. The molecule has 0 fully saturated rings. The maximum atomic E-state index is 11.8. The molecule has 0 unspecified atom stereocenters. The summed E-state index contributed by atoms with van der Waals surface area (Å²) in [6, 6.07) is 4.06. The van der Waals surface area contributed by atoms with Gasteiger partial charge in [-0.2, -0.15) is 0 Å². The molecule has 0 aliphatic heterocycles. The second kappa shape index (κ2) is 6.08. The molecule has 0 aliphatic carbocycles. The zero-order chi connectivity index (χ0) is 13.8. The smallest absolute Gasteiger partial charge is 0.176 e. The third-order valence-corrected chi connectivity index (χ3v) is 4.74. The largest absolute Gasteiger partial charge is 0.492 e. The SMILES string of the molecule is CCC(=O)c1sc(NCc2cccs2)c(OC)c1N. The van der Waals surface area contributed by atoms with Gasteiger partial charge in [-0.05, 0) is 11.4 Å². The minimum Gasteiger partial charge on any atom is -0.492 e. The highest BCUT2D eigenvalue weighted by atomic mass is 32.1. The Bertz CT molecular complexity index is 561. The number of ether oxygens (including phenoxy) is 1. The van der Waals surface area contributed by atoms with Crippen LogP contribution >= 0.6 is 22.7 Å². The zero-order valence-electron chi connectivity index (χ0n) is 10.9. The number of anilines is 2. The molecule has 2 aromatic heterocycles. The van der Waals surface area contributed by atoms with Crippen molar-refractivity contribution in [2.75, 3.05) is 18.2 Å². The van der Waals surface area contributed by atoms with Crippen molar-refractivity contribution in [2.24, 2.45) is 0 Å². The van der Waals surface area contributed by atoms with E-state index in [4.69, 9.17) is 10.5 Å². The number of ketones is 1. The average molecular weight is 296 g/mol. The van der Waals surface area contributed by atoms with Gasteiger partial charge in [0.05, 0.1) is 24.2 Å². The fourth-order valence-corrected chi connectivity index (χ4v) is 3.44. The van der Waals surface area contributed by atoms with Crippen LogP contribution in [-0.2, 0) is 6.54 Å². The van der Waals surface area contributed by atoms with Crippen LogP contribution < -0.4 is 15.8 Å². The summed E-state index contributed by atoms with van der Waals surface area (Å²) in [6.45, 7) is 2.53. The number of carbonyl (C=O) groups excluding carboxylic acids is 1. The molecule has 2 heterocycles. The van der Waals surface area contributed by atoms with Crippen molar-refractivity contribution < 1.29 is 9.53 Å². The normalized spacial score (nSPS) is 10.4. The minimum atomic E-state index is 0.0463. The lowest BCUT2D eigenvalue weighted by molar-refractivity contribution is 0.0992. The monoisotopic (exact) mass is 296 g/mol. The van der Waals surface area contributed by atoms with Crippen LogP contribution in [0, 0.1) is 0 Å². The summed E-state index contributed by atoms with van der Waals surface area (Å²) in [4.78, 5) is 13.6. The van der Waals surface area contributed by atoms with Gasteiger partial charge in [-0.3, -0.25) is 4.79 Å². The van der Waals surface area contributed by atoms with Crippen LogP contribution in [-0.4, -0.2) is 12.9 Å². The molecule has 2 rings (SSSR count). The van der Waals surface area contributed by atoms with Crippen LogP contribution in [0.15, 0.2) is 17.5 Å². The maximum Gasteiger partial charge on any atom is 0.176 e. The van der Waals surface area contributed by atoms with Gasteiger partial charge in [-0.1, -0.05) is 13.0 Å². The van der Waals surface area contributed by atoms with E-state index in [-0.39, 0.29) is 5.78 Å². The molecule has 0 atom stereocenters.